The lowest BCUT2D eigenvalue weighted by atomic mass is 10.1. The van der Waals surface area contributed by atoms with E-state index in [0.717, 1.165) is 30.8 Å². The maximum atomic E-state index is 12.1. The highest BCUT2D eigenvalue weighted by molar-refractivity contribution is 6.30. The van der Waals surface area contributed by atoms with Crippen LogP contribution in [0.25, 0.3) is 5.65 Å². The summed E-state index contributed by atoms with van der Waals surface area (Å²) < 4.78 is 6.65. The van der Waals surface area contributed by atoms with Crippen LogP contribution in [0.4, 0.5) is 5.82 Å². The Bertz CT molecular complexity index is 959. The van der Waals surface area contributed by atoms with E-state index in [2.05, 4.69) is 25.0 Å². The molecule has 9 heteroatoms. The lowest BCUT2D eigenvalue weighted by molar-refractivity contribution is 0.0528. The van der Waals surface area contributed by atoms with Crippen molar-refractivity contribution in [2.75, 3.05) is 18.1 Å². The second-order valence-corrected chi connectivity index (χ2v) is 6.31. The van der Waals surface area contributed by atoms with Gasteiger partial charge in [-0.1, -0.05) is 11.6 Å². The van der Waals surface area contributed by atoms with Gasteiger partial charge in [-0.2, -0.15) is 5.10 Å². The van der Waals surface area contributed by atoms with Gasteiger partial charge in [0.05, 0.1) is 18.8 Å². The Labute approximate surface area is 154 Å². The topological polar surface area (TPSA) is 85.5 Å². The van der Waals surface area contributed by atoms with Crippen molar-refractivity contribution < 1.29 is 9.53 Å². The van der Waals surface area contributed by atoms with E-state index in [4.69, 9.17) is 16.3 Å². The Morgan fingerprint density at radius 3 is 3.12 bits per heavy atom. The van der Waals surface area contributed by atoms with Crippen molar-refractivity contribution in [3.8, 4) is 0 Å². The van der Waals surface area contributed by atoms with E-state index in [0.29, 0.717) is 23.0 Å². The first-order valence-corrected chi connectivity index (χ1v) is 8.80. The molecule has 1 fully saturated rings. The van der Waals surface area contributed by atoms with Gasteiger partial charge in [0.1, 0.15) is 22.9 Å². The van der Waals surface area contributed by atoms with Crippen molar-refractivity contribution in [3.05, 3.63) is 47.3 Å². The van der Waals surface area contributed by atoms with Gasteiger partial charge in [0, 0.05) is 24.5 Å². The second-order valence-electron chi connectivity index (χ2n) is 5.95. The Balaban J connectivity index is 1.73. The molecule has 8 nitrogen and oxygen atoms in total. The van der Waals surface area contributed by atoms with Gasteiger partial charge in [0.15, 0.2) is 5.65 Å². The molecule has 1 unspecified atom stereocenters. The van der Waals surface area contributed by atoms with Crippen LogP contribution >= 0.6 is 11.6 Å². The van der Waals surface area contributed by atoms with Crippen molar-refractivity contribution in [1.82, 2.24) is 24.6 Å². The van der Waals surface area contributed by atoms with Crippen LogP contribution in [-0.2, 0) is 4.74 Å². The van der Waals surface area contributed by atoms with E-state index in [9.17, 15) is 4.79 Å². The Morgan fingerprint density at radius 2 is 2.31 bits per heavy atom. The summed E-state index contributed by atoms with van der Waals surface area (Å²) >= 11 is 6.26. The maximum absolute atomic E-state index is 12.1. The second kappa shape index (κ2) is 6.87. The summed E-state index contributed by atoms with van der Waals surface area (Å²) in [5.41, 5.74) is 1.71. The van der Waals surface area contributed by atoms with Gasteiger partial charge < -0.3 is 9.64 Å². The van der Waals surface area contributed by atoms with Crippen LogP contribution in [0.3, 0.4) is 0 Å². The molecule has 0 saturated carbocycles. The summed E-state index contributed by atoms with van der Waals surface area (Å²) in [5, 5.41) is 4.63. The quantitative estimate of drug-likeness (QED) is 0.514. The normalized spacial score (nSPS) is 17.0. The van der Waals surface area contributed by atoms with Crippen molar-refractivity contribution >= 4 is 29.0 Å². The van der Waals surface area contributed by atoms with Crippen molar-refractivity contribution in [3.63, 3.8) is 0 Å². The summed E-state index contributed by atoms with van der Waals surface area (Å²) in [5.74, 6) is 0.329. The number of ether oxygens (including phenoxy) is 1. The molecule has 1 aliphatic rings. The average Bonchev–Trinajstić information content (AvgIpc) is 3.28. The number of hydrogen-bond acceptors (Lipinski definition) is 7. The molecule has 4 heterocycles. The van der Waals surface area contributed by atoms with E-state index in [1.165, 1.54) is 12.5 Å². The van der Waals surface area contributed by atoms with Gasteiger partial charge in [0.25, 0.3) is 0 Å². The molecule has 0 radical (unpaired) electrons. The molecule has 1 atom stereocenters. The molecule has 134 valence electrons. The first-order valence-electron chi connectivity index (χ1n) is 8.42. The fourth-order valence-electron chi connectivity index (χ4n) is 3.29. The Kier molecular flexibility index (Phi) is 4.42. The largest absolute Gasteiger partial charge is 0.462 e. The number of nitrogens with zero attached hydrogens (tertiary/aromatic N) is 6. The van der Waals surface area contributed by atoms with Crippen LogP contribution < -0.4 is 4.90 Å². The molecule has 3 aromatic heterocycles. The predicted molar refractivity (Wildman–Crippen MR) is 95.3 cm³/mol. The molecule has 0 N–H and O–H groups in total. The standard InChI is InChI=1S/C17H17ClN6O2/c1-2-26-17(25)12-9-21-24-7-5-14(22-16(12)24)23-6-3-4-13(23)11-8-19-10-20-15(11)18/h5,7-10,13H,2-4,6H2,1H3. The average molecular weight is 373 g/mol. The lowest BCUT2D eigenvalue weighted by Gasteiger charge is -2.26. The summed E-state index contributed by atoms with van der Waals surface area (Å²) in [6.07, 6.45) is 8.40. The SMILES string of the molecule is CCOC(=O)c1cnn2ccc(N3CCCC3c3cncnc3Cl)nc12. The predicted octanol–water partition coefficient (Wildman–Crippen LogP) is 2.69. The molecule has 1 aliphatic heterocycles. The first-order chi connectivity index (χ1) is 12.7. The lowest BCUT2D eigenvalue weighted by Crippen LogP contribution is -2.24. The molecule has 26 heavy (non-hydrogen) atoms. The molecular weight excluding hydrogens is 356 g/mol. The molecule has 0 bridgehead atoms. The van der Waals surface area contributed by atoms with Gasteiger partial charge in [-0.3, -0.25) is 0 Å². The highest BCUT2D eigenvalue weighted by atomic mass is 35.5. The fraction of sp³-hybridized carbons (Fsp3) is 0.353. The van der Waals surface area contributed by atoms with Crippen LogP contribution in [0.1, 0.15) is 41.7 Å². The summed E-state index contributed by atoms with van der Waals surface area (Å²) in [4.78, 5) is 27.1. The highest BCUT2D eigenvalue weighted by Gasteiger charge is 2.30. The summed E-state index contributed by atoms with van der Waals surface area (Å²) in [7, 11) is 0. The monoisotopic (exact) mass is 372 g/mol. The van der Waals surface area contributed by atoms with Crippen LogP contribution in [0, 0.1) is 0 Å². The van der Waals surface area contributed by atoms with Crippen molar-refractivity contribution in [2.24, 2.45) is 0 Å². The molecule has 4 rings (SSSR count). The van der Waals surface area contributed by atoms with E-state index >= 15 is 0 Å². The number of fused-ring (bicyclic) bond motifs is 1. The number of halogens is 1. The Morgan fingerprint density at radius 1 is 1.42 bits per heavy atom. The number of rotatable bonds is 4. The van der Waals surface area contributed by atoms with E-state index in [1.807, 2.05) is 6.07 Å². The summed E-state index contributed by atoms with van der Waals surface area (Å²) in [6, 6.07) is 1.93. The third kappa shape index (κ3) is 2.86. The Hall–Kier alpha value is -2.74. The van der Waals surface area contributed by atoms with Gasteiger partial charge >= 0.3 is 5.97 Å². The van der Waals surface area contributed by atoms with Gasteiger partial charge in [-0.05, 0) is 25.8 Å². The molecule has 1 saturated heterocycles. The van der Waals surface area contributed by atoms with Crippen molar-refractivity contribution in [2.45, 2.75) is 25.8 Å². The van der Waals surface area contributed by atoms with E-state index < -0.39 is 5.97 Å². The molecular formula is C17H17ClN6O2. The number of anilines is 1. The fourth-order valence-corrected chi connectivity index (χ4v) is 3.50. The zero-order valence-corrected chi connectivity index (χ0v) is 14.9. The number of carbonyl (C=O) groups excluding carboxylic acids is 1. The third-order valence-electron chi connectivity index (χ3n) is 4.45. The van der Waals surface area contributed by atoms with Crippen LogP contribution in [-0.4, -0.2) is 43.7 Å². The minimum atomic E-state index is -0.426. The van der Waals surface area contributed by atoms with Crippen LogP contribution in [0.15, 0.2) is 31.0 Å². The van der Waals surface area contributed by atoms with Gasteiger partial charge in [-0.15, -0.1) is 0 Å². The molecule has 3 aromatic rings. The summed E-state index contributed by atoms with van der Waals surface area (Å²) in [6.45, 7) is 2.90. The minimum absolute atomic E-state index is 0.0487. The highest BCUT2D eigenvalue weighted by Crippen LogP contribution is 2.37. The number of esters is 1. The van der Waals surface area contributed by atoms with E-state index in [-0.39, 0.29) is 6.04 Å². The number of hydrogen-bond donors (Lipinski definition) is 0. The zero-order chi connectivity index (χ0) is 18.1. The van der Waals surface area contributed by atoms with Gasteiger partial charge in [0.2, 0.25) is 0 Å². The van der Waals surface area contributed by atoms with Crippen LogP contribution in [0.2, 0.25) is 5.15 Å². The smallest absolute Gasteiger partial charge is 0.343 e. The maximum Gasteiger partial charge on any atom is 0.343 e. The van der Waals surface area contributed by atoms with Crippen molar-refractivity contribution in [1.29, 1.82) is 0 Å². The minimum Gasteiger partial charge on any atom is -0.462 e. The zero-order valence-electron chi connectivity index (χ0n) is 14.2. The number of aromatic nitrogens is 5. The van der Waals surface area contributed by atoms with E-state index in [1.54, 1.807) is 23.8 Å². The number of carbonyl (C=O) groups is 1. The van der Waals surface area contributed by atoms with Gasteiger partial charge in [-0.25, -0.2) is 24.3 Å². The molecule has 0 aliphatic carbocycles. The first kappa shape index (κ1) is 16.7. The molecule has 0 amide bonds. The van der Waals surface area contributed by atoms with Crippen LogP contribution in [0.5, 0.6) is 0 Å². The molecule has 0 aromatic carbocycles. The molecule has 0 spiro atoms. The third-order valence-corrected chi connectivity index (χ3v) is 4.76.